The van der Waals surface area contributed by atoms with Gasteiger partial charge < -0.3 is 24.6 Å². The fourth-order valence-corrected chi connectivity index (χ4v) is 3.99. The molecule has 1 aromatic carbocycles. The number of hydrogen-bond acceptors (Lipinski definition) is 6. The molecule has 29 heavy (non-hydrogen) atoms. The van der Waals surface area contributed by atoms with Crippen molar-refractivity contribution in [3.63, 3.8) is 0 Å². The molecule has 0 radical (unpaired) electrons. The molecule has 162 valence electrons. The number of nitrogens with zero attached hydrogens (tertiary/aromatic N) is 2. The van der Waals surface area contributed by atoms with E-state index in [-0.39, 0.29) is 30.7 Å². The van der Waals surface area contributed by atoms with Crippen molar-refractivity contribution in [2.75, 3.05) is 52.5 Å². The summed E-state index contributed by atoms with van der Waals surface area (Å²) in [6.07, 6.45) is 0.986. The third-order valence-electron chi connectivity index (χ3n) is 5.50. The summed E-state index contributed by atoms with van der Waals surface area (Å²) in [5.41, 5.74) is -2.20. The van der Waals surface area contributed by atoms with E-state index in [9.17, 15) is 19.4 Å². The van der Waals surface area contributed by atoms with Gasteiger partial charge in [0.2, 0.25) is 5.91 Å². The third-order valence-corrected chi connectivity index (χ3v) is 5.79. The third kappa shape index (κ3) is 6.02. The van der Waals surface area contributed by atoms with Gasteiger partial charge >= 0.3 is 0 Å². The Labute approximate surface area is 174 Å². The van der Waals surface area contributed by atoms with Crippen molar-refractivity contribution in [3.05, 3.63) is 29.0 Å². The van der Waals surface area contributed by atoms with E-state index in [4.69, 9.17) is 21.1 Å². The quantitative estimate of drug-likeness (QED) is 0.732. The van der Waals surface area contributed by atoms with Gasteiger partial charge in [-0.25, -0.2) is 4.39 Å². The highest BCUT2D eigenvalue weighted by molar-refractivity contribution is 6.30. The molecule has 7 nitrogen and oxygen atoms in total. The first-order valence-electron chi connectivity index (χ1n) is 9.76. The lowest BCUT2D eigenvalue weighted by Crippen LogP contribution is -2.55. The molecule has 9 heteroatoms. The minimum atomic E-state index is -1.28. The van der Waals surface area contributed by atoms with Crippen molar-refractivity contribution < 1.29 is 28.9 Å². The van der Waals surface area contributed by atoms with Gasteiger partial charge in [-0.3, -0.25) is 9.69 Å². The van der Waals surface area contributed by atoms with E-state index in [0.29, 0.717) is 51.4 Å². The number of carbonyl (C=O) groups is 1. The molecule has 2 saturated heterocycles. The van der Waals surface area contributed by atoms with E-state index in [0.717, 1.165) is 0 Å². The highest BCUT2D eigenvalue weighted by atomic mass is 35.5. The van der Waals surface area contributed by atoms with E-state index in [1.165, 1.54) is 25.1 Å². The molecular formula is C20H28ClFN2O5. The number of likely N-dealkylation sites (tertiary alicyclic amines) is 1. The Morgan fingerprint density at radius 1 is 1.28 bits per heavy atom. The molecule has 2 aliphatic rings. The van der Waals surface area contributed by atoms with Gasteiger partial charge in [0.05, 0.1) is 23.8 Å². The van der Waals surface area contributed by atoms with Crippen LogP contribution in [0.4, 0.5) is 4.39 Å². The summed E-state index contributed by atoms with van der Waals surface area (Å²) in [5, 5.41) is 21.9. The van der Waals surface area contributed by atoms with Crippen LogP contribution in [0.5, 0.6) is 5.75 Å². The lowest BCUT2D eigenvalue weighted by Gasteiger charge is -2.41. The number of amides is 1. The number of β-amino-alcohol motifs (C(OH)–C–C–N with tert-alkyl or cyclic N) is 2. The van der Waals surface area contributed by atoms with E-state index in [1.807, 2.05) is 4.90 Å². The number of hydrogen-bond donors (Lipinski definition) is 2. The SMILES string of the molecule is CC(=O)N1CCC(O)(CN2CCOC[C@@](O)(COc3ccc(F)c(Cl)c3)C2)CC1. The van der Waals surface area contributed by atoms with Crippen molar-refractivity contribution in [2.24, 2.45) is 0 Å². The van der Waals surface area contributed by atoms with Crippen LogP contribution in [0.25, 0.3) is 0 Å². The first kappa shape index (κ1) is 22.2. The number of carbonyl (C=O) groups excluding carboxylic acids is 1. The van der Waals surface area contributed by atoms with Gasteiger partial charge in [0.1, 0.15) is 23.8 Å². The maximum atomic E-state index is 13.3. The summed E-state index contributed by atoms with van der Waals surface area (Å²) in [6, 6.07) is 4.02. The number of piperidine rings is 1. The second-order valence-electron chi connectivity index (χ2n) is 8.08. The molecule has 2 N–H and O–H groups in total. The normalized spacial score (nSPS) is 25.5. The summed E-state index contributed by atoms with van der Waals surface area (Å²) in [6.45, 7) is 4.27. The van der Waals surface area contributed by atoms with Crippen LogP contribution in [0.2, 0.25) is 5.02 Å². The number of rotatable bonds is 5. The maximum absolute atomic E-state index is 13.3. The van der Waals surface area contributed by atoms with Gasteiger partial charge in [0.25, 0.3) is 0 Å². The largest absolute Gasteiger partial charge is 0.490 e. The van der Waals surface area contributed by atoms with Crippen LogP contribution in [-0.2, 0) is 9.53 Å². The Kier molecular flexibility index (Phi) is 7.01. The van der Waals surface area contributed by atoms with E-state index < -0.39 is 17.0 Å². The Morgan fingerprint density at radius 3 is 2.66 bits per heavy atom. The highest BCUT2D eigenvalue weighted by Gasteiger charge is 2.39. The van der Waals surface area contributed by atoms with Crippen LogP contribution in [0.3, 0.4) is 0 Å². The van der Waals surface area contributed by atoms with E-state index in [1.54, 1.807) is 4.90 Å². The topological polar surface area (TPSA) is 82.5 Å². The molecule has 2 aliphatic heterocycles. The van der Waals surface area contributed by atoms with Gasteiger partial charge in [-0.05, 0) is 25.0 Å². The zero-order valence-electron chi connectivity index (χ0n) is 16.6. The number of aliphatic hydroxyl groups is 2. The summed E-state index contributed by atoms with van der Waals surface area (Å²) >= 11 is 5.77. The van der Waals surface area contributed by atoms with Crippen LogP contribution in [0.1, 0.15) is 19.8 Å². The predicted octanol–water partition coefficient (Wildman–Crippen LogP) is 1.29. The molecule has 0 aromatic heterocycles. The van der Waals surface area contributed by atoms with E-state index in [2.05, 4.69) is 0 Å². The average molecular weight is 431 g/mol. The molecule has 2 fully saturated rings. The minimum absolute atomic E-state index is 0.0163. The van der Waals surface area contributed by atoms with Crippen molar-refractivity contribution >= 4 is 17.5 Å². The second-order valence-corrected chi connectivity index (χ2v) is 8.49. The van der Waals surface area contributed by atoms with Crippen molar-refractivity contribution in [3.8, 4) is 5.75 Å². The van der Waals surface area contributed by atoms with Gasteiger partial charge in [-0.15, -0.1) is 0 Å². The molecule has 0 aliphatic carbocycles. The molecule has 1 aromatic rings. The number of benzene rings is 1. The first-order chi connectivity index (χ1) is 13.7. The number of ether oxygens (including phenoxy) is 2. The lowest BCUT2D eigenvalue weighted by molar-refractivity contribution is -0.134. The number of halogens is 2. The summed E-state index contributed by atoms with van der Waals surface area (Å²) in [4.78, 5) is 15.2. The zero-order valence-corrected chi connectivity index (χ0v) is 17.3. The monoisotopic (exact) mass is 430 g/mol. The average Bonchev–Trinajstić information content (AvgIpc) is 2.84. The van der Waals surface area contributed by atoms with Crippen molar-refractivity contribution in [2.45, 2.75) is 31.0 Å². The van der Waals surface area contributed by atoms with Gasteiger partial charge in [-0.1, -0.05) is 11.6 Å². The Bertz CT molecular complexity index is 729. The van der Waals surface area contributed by atoms with Crippen molar-refractivity contribution in [1.82, 2.24) is 9.80 Å². The maximum Gasteiger partial charge on any atom is 0.219 e. The molecule has 0 saturated carbocycles. The van der Waals surface area contributed by atoms with Crippen LogP contribution in [-0.4, -0.2) is 89.7 Å². The molecule has 1 amide bonds. The smallest absolute Gasteiger partial charge is 0.219 e. The van der Waals surface area contributed by atoms with Crippen LogP contribution < -0.4 is 4.74 Å². The van der Waals surface area contributed by atoms with Crippen molar-refractivity contribution in [1.29, 1.82) is 0 Å². The summed E-state index contributed by atoms with van der Waals surface area (Å²) in [5.74, 6) is -0.163. The molecule has 2 heterocycles. The molecule has 0 bridgehead atoms. The summed E-state index contributed by atoms with van der Waals surface area (Å²) in [7, 11) is 0. The molecule has 0 spiro atoms. The first-order valence-corrected chi connectivity index (χ1v) is 10.1. The zero-order chi connectivity index (χ0) is 21.1. The predicted molar refractivity (Wildman–Crippen MR) is 106 cm³/mol. The standard InChI is InChI=1S/C20H28ClFN2O5/c1-15(25)24-6-4-19(26,5-7-24)11-23-8-9-28-13-20(27,12-23)14-29-16-2-3-18(22)17(21)10-16/h2-3,10,26-27H,4-9,11-14H2,1H3/t20-/m1/s1. The molecule has 0 unspecified atom stereocenters. The van der Waals surface area contributed by atoms with Crippen LogP contribution in [0, 0.1) is 5.82 Å². The Morgan fingerprint density at radius 2 is 2.00 bits per heavy atom. The highest BCUT2D eigenvalue weighted by Crippen LogP contribution is 2.26. The Balaban J connectivity index is 1.58. The fraction of sp³-hybridized carbons (Fsp3) is 0.650. The fourth-order valence-electron chi connectivity index (χ4n) is 3.82. The van der Waals surface area contributed by atoms with Crippen LogP contribution in [0.15, 0.2) is 18.2 Å². The van der Waals surface area contributed by atoms with Gasteiger partial charge in [0.15, 0.2) is 0 Å². The van der Waals surface area contributed by atoms with Gasteiger partial charge in [-0.2, -0.15) is 0 Å². The lowest BCUT2D eigenvalue weighted by atomic mass is 9.90. The minimum Gasteiger partial charge on any atom is -0.490 e. The van der Waals surface area contributed by atoms with E-state index >= 15 is 0 Å². The molecular weight excluding hydrogens is 403 g/mol. The van der Waals surface area contributed by atoms with Gasteiger partial charge in [0, 0.05) is 45.7 Å². The second kappa shape index (κ2) is 9.14. The molecule has 3 rings (SSSR count). The van der Waals surface area contributed by atoms with Crippen LogP contribution >= 0.6 is 11.6 Å². The molecule has 1 atom stereocenters. The summed E-state index contributed by atoms with van der Waals surface area (Å²) < 4.78 is 24.5. The Hall–Kier alpha value is -1.45.